The van der Waals surface area contributed by atoms with E-state index in [1.54, 1.807) is 32.9 Å². The molecule has 0 spiro atoms. The Labute approximate surface area is 148 Å². The minimum absolute atomic E-state index is 0.150. The first-order valence-electron chi connectivity index (χ1n) is 7.91. The molecule has 0 fully saturated rings. The van der Waals surface area contributed by atoms with Gasteiger partial charge < -0.3 is 4.74 Å². The van der Waals surface area contributed by atoms with E-state index in [0.29, 0.717) is 5.56 Å². The van der Waals surface area contributed by atoms with Gasteiger partial charge in [0, 0.05) is 0 Å². The molecule has 0 aliphatic carbocycles. The maximum Gasteiger partial charge on any atom is 0.460 e. The summed E-state index contributed by atoms with van der Waals surface area (Å²) in [5.74, 6) is -11.7. The molecule has 1 aromatic rings. The highest BCUT2D eigenvalue weighted by atomic mass is 19.4. The van der Waals surface area contributed by atoms with E-state index in [0.717, 1.165) is 5.56 Å². The van der Waals surface area contributed by atoms with E-state index < -0.39 is 30.0 Å². The third kappa shape index (κ3) is 4.62. The van der Waals surface area contributed by atoms with Gasteiger partial charge in [0.15, 0.2) is 6.61 Å². The molecular weight excluding hydrogens is 365 g/mol. The molecule has 0 unspecified atom stereocenters. The fourth-order valence-corrected chi connectivity index (χ4v) is 2.17. The number of alkyl halides is 7. The van der Waals surface area contributed by atoms with Crippen LogP contribution >= 0.6 is 0 Å². The topological polar surface area (TPSA) is 9.23 Å². The van der Waals surface area contributed by atoms with Gasteiger partial charge in [-0.25, -0.2) is 0 Å². The molecule has 150 valence electrons. The molecular formula is C18H23F7O. The molecule has 0 aromatic heterocycles. The van der Waals surface area contributed by atoms with E-state index in [1.807, 2.05) is 20.8 Å². The lowest BCUT2D eigenvalue weighted by Gasteiger charge is -2.30. The van der Waals surface area contributed by atoms with Crippen molar-refractivity contribution in [2.24, 2.45) is 0 Å². The Hall–Kier alpha value is -1.47. The molecule has 26 heavy (non-hydrogen) atoms. The zero-order valence-corrected chi connectivity index (χ0v) is 15.5. The van der Waals surface area contributed by atoms with E-state index in [2.05, 4.69) is 0 Å². The van der Waals surface area contributed by atoms with Gasteiger partial charge in [0.1, 0.15) is 5.75 Å². The van der Waals surface area contributed by atoms with Crippen LogP contribution < -0.4 is 4.74 Å². The van der Waals surface area contributed by atoms with Crippen molar-refractivity contribution in [1.82, 2.24) is 0 Å². The van der Waals surface area contributed by atoms with Crippen LogP contribution in [0.15, 0.2) is 18.2 Å². The predicted octanol–water partition coefficient (Wildman–Crippen LogP) is 6.49. The summed E-state index contributed by atoms with van der Waals surface area (Å²) in [6, 6.07) is 4.59. The average Bonchev–Trinajstić information content (AvgIpc) is 2.41. The zero-order valence-electron chi connectivity index (χ0n) is 15.5. The third-order valence-corrected chi connectivity index (χ3v) is 3.88. The molecule has 0 radical (unpaired) electrons. The monoisotopic (exact) mass is 388 g/mol. The molecule has 0 amide bonds. The Morgan fingerprint density at radius 2 is 1.27 bits per heavy atom. The molecule has 0 saturated carbocycles. The highest BCUT2D eigenvalue weighted by Gasteiger charge is 2.73. The highest BCUT2D eigenvalue weighted by molar-refractivity contribution is 5.43. The first-order valence-corrected chi connectivity index (χ1v) is 7.91. The Bertz CT molecular complexity index is 634. The van der Waals surface area contributed by atoms with Crippen LogP contribution in [-0.2, 0) is 10.8 Å². The van der Waals surface area contributed by atoms with Gasteiger partial charge in [0.05, 0.1) is 0 Å². The molecule has 1 aromatic carbocycles. The van der Waals surface area contributed by atoms with Crippen molar-refractivity contribution in [3.05, 3.63) is 29.3 Å². The lowest BCUT2D eigenvalue weighted by atomic mass is 9.80. The second-order valence-corrected chi connectivity index (χ2v) is 8.28. The number of halogens is 7. The minimum atomic E-state index is -6.37. The quantitative estimate of drug-likeness (QED) is 0.536. The van der Waals surface area contributed by atoms with E-state index in [-0.39, 0.29) is 11.2 Å². The standard InChI is InChI=1S/C18H23F7O/c1-14(2,3)11-7-8-13(12(9-11)15(4,5)6)26-10-16(19,20)17(21,22)18(23,24)25/h7-9H,10H2,1-6H3. The summed E-state index contributed by atoms with van der Waals surface area (Å²) in [5.41, 5.74) is 0.419. The number of benzene rings is 1. The number of ether oxygens (including phenoxy) is 1. The summed E-state index contributed by atoms with van der Waals surface area (Å²) in [5, 5.41) is 0. The van der Waals surface area contributed by atoms with E-state index in [9.17, 15) is 30.7 Å². The highest BCUT2D eigenvalue weighted by Crippen LogP contribution is 2.47. The minimum Gasteiger partial charge on any atom is -0.487 e. The lowest BCUT2D eigenvalue weighted by molar-refractivity contribution is -0.358. The smallest absolute Gasteiger partial charge is 0.460 e. The van der Waals surface area contributed by atoms with E-state index in [1.165, 1.54) is 6.07 Å². The van der Waals surface area contributed by atoms with Crippen LogP contribution in [0.4, 0.5) is 30.7 Å². The molecule has 0 aliphatic heterocycles. The number of hydrogen-bond acceptors (Lipinski definition) is 1. The van der Waals surface area contributed by atoms with E-state index in [4.69, 9.17) is 4.74 Å². The second-order valence-electron chi connectivity index (χ2n) is 8.28. The van der Waals surface area contributed by atoms with Gasteiger partial charge in [-0.2, -0.15) is 30.7 Å². The van der Waals surface area contributed by atoms with Crippen LogP contribution in [0.2, 0.25) is 0 Å². The Morgan fingerprint density at radius 3 is 1.65 bits per heavy atom. The van der Waals surface area contributed by atoms with Crippen molar-refractivity contribution in [3.63, 3.8) is 0 Å². The van der Waals surface area contributed by atoms with Crippen LogP contribution in [0.3, 0.4) is 0 Å². The molecule has 1 rings (SSSR count). The van der Waals surface area contributed by atoms with Crippen molar-refractivity contribution in [2.45, 2.75) is 70.4 Å². The second kappa shape index (κ2) is 6.60. The van der Waals surface area contributed by atoms with Crippen LogP contribution in [0.25, 0.3) is 0 Å². The first kappa shape index (κ1) is 22.6. The normalized spacial score (nSPS) is 14.5. The van der Waals surface area contributed by atoms with Crippen molar-refractivity contribution < 1.29 is 35.5 Å². The van der Waals surface area contributed by atoms with Gasteiger partial charge in [0.2, 0.25) is 0 Å². The Morgan fingerprint density at radius 1 is 0.769 bits per heavy atom. The first-order chi connectivity index (χ1) is 11.3. The number of rotatable bonds is 4. The summed E-state index contributed by atoms with van der Waals surface area (Å²) in [6.45, 7) is 8.95. The lowest BCUT2D eigenvalue weighted by Crippen LogP contribution is -2.54. The largest absolute Gasteiger partial charge is 0.487 e. The van der Waals surface area contributed by atoms with Crippen molar-refractivity contribution in [3.8, 4) is 5.75 Å². The van der Waals surface area contributed by atoms with Gasteiger partial charge >= 0.3 is 18.0 Å². The average molecular weight is 388 g/mol. The summed E-state index contributed by atoms with van der Waals surface area (Å²) in [4.78, 5) is 0. The zero-order chi connectivity index (χ0) is 20.8. The van der Waals surface area contributed by atoms with Gasteiger partial charge in [-0.1, -0.05) is 53.7 Å². The molecule has 0 heterocycles. The van der Waals surface area contributed by atoms with Gasteiger partial charge in [-0.3, -0.25) is 0 Å². The van der Waals surface area contributed by atoms with Crippen LogP contribution in [0, 0.1) is 0 Å². The molecule has 0 N–H and O–H groups in total. The van der Waals surface area contributed by atoms with E-state index >= 15 is 0 Å². The molecule has 8 heteroatoms. The Kier molecular flexibility index (Phi) is 5.73. The maximum absolute atomic E-state index is 13.5. The van der Waals surface area contributed by atoms with Gasteiger partial charge in [-0.05, 0) is 28.0 Å². The van der Waals surface area contributed by atoms with Crippen LogP contribution in [0.5, 0.6) is 5.75 Å². The van der Waals surface area contributed by atoms with Crippen molar-refractivity contribution in [1.29, 1.82) is 0 Å². The van der Waals surface area contributed by atoms with Crippen molar-refractivity contribution in [2.75, 3.05) is 6.61 Å². The Balaban J connectivity index is 3.22. The SMILES string of the molecule is CC(C)(C)c1ccc(OCC(F)(F)C(F)(F)C(F)(F)F)c(C(C)(C)C)c1. The van der Waals surface area contributed by atoms with Gasteiger partial charge in [0.25, 0.3) is 0 Å². The summed E-state index contributed by atoms with van der Waals surface area (Å²) in [7, 11) is 0. The summed E-state index contributed by atoms with van der Waals surface area (Å²) >= 11 is 0. The maximum atomic E-state index is 13.5. The van der Waals surface area contributed by atoms with Crippen LogP contribution in [-0.4, -0.2) is 24.6 Å². The van der Waals surface area contributed by atoms with Crippen LogP contribution in [0.1, 0.15) is 52.7 Å². The summed E-state index contributed by atoms with van der Waals surface area (Å²) < 4.78 is 94.4. The van der Waals surface area contributed by atoms with Gasteiger partial charge in [-0.15, -0.1) is 0 Å². The molecule has 1 nitrogen and oxygen atoms in total. The fraction of sp³-hybridized carbons (Fsp3) is 0.667. The molecule has 0 aliphatic rings. The predicted molar refractivity (Wildman–Crippen MR) is 85.3 cm³/mol. The molecule has 0 bridgehead atoms. The third-order valence-electron chi connectivity index (χ3n) is 3.88. The molecule has 0 atom stereocenters. The van der Waals surface area contributed by atoms with Crippen molar-refractivity contribution >= 4 is 0 Å². The summed E-state index contributed by atoms with van der Waals surface area (Å²) in [6.07, 6.45) is -6.37. The fourth-order valence-electron chi connectivity index (χ4n) is 2.17. The number of hydrogen-bond donors (Lipinski definition) is 0. The molecule has 0 saturated heterocycles.